The molecule has 1 aromatic carbocycles. The third-order valence-electron chi connectivity index (χ3n) is 3.22. The van der Waals surface area contributed by atoms with Gasteiger partial charge in [0.05, 0.1) is 15.5 Å². The Labute approximate surface area is 142 Å². The number of nitrogens with one attached hydrogen (secondary N) is 2. The van der Waals surface area contributed by atoms with E-state index >= 15 is 0 Å². The van der Waals surface area contributed by atoms with Gasteiger partial charge in [0, 0.05) is 11.2 Å². The molecule has 3 rings (SSSR count). The van der Waals surface area contributed by atoms with Gasteiger partial charge in [-0.1, -0.05) is 16.8 Å². The first-order valence-corrected chi connectivity index (χ1v) is 8.62. The lowest BCUT2D eigenvalue weighted by Gasteiger charge is -2.05. The number of H-pyrrole nitrogens is 2. The van der Waals surface area contributed by atoms with E-state index in [2.05, 4.69) is 25.6 Å². The highest BCUT2D eigenvalue weighted by atomic mass is 35.5. The molecule has 0 saturated carbocycles. The second kappa shape index (κ2) is 6.56. The van der Waals surface area contributed by atoms with E-state index in [-0.39, 0.29) is 15.6 Å². The monoisotopic (exact) mass is 365 g/mol. The molecular weight excluding hydrogens is 354 g/mol. The first kappa shape index (κ1) is 16.4. The second-order valence-electron chi connectivity index (χ2n) is 4.79. The summed E-state index contributed by atoms with van der Waals surface area (Å²) in [5.74, 6) is 0.0833. The summed E-state index contributed by atoms with van der Waals surface area (Å²) >= 11 is 5.79. The Balaban J connectivity index is 1.91. The number of sulfone groups is 1. The average Bonchev–Trinajstić information content (AvgIpc) is 3.24. The molecule has 8 nitrogen and oxygen atoms in total. The van der Waals surface area contributed by atoms with Crippen molar-refractivity contribution in [2.24, 2.45) is 0 Å². The Morgan fingerprint density at radius 2 is 1.96 bits per heavy atom. The van der Waals surface area contributed by atoms with Crippen LogP contribution in [-0.4, -0.2) is 39.1 Å². The Hall–Kier alpha value is -2.49. The SMILES string of the molecule is O=S(=O)(c1ccc(Cl)cc1)c1cc[nH]c1C=CC(O)c1nn[nH]n1. The van der Waals surface area contributed by atoms with Crippen molar-refractivity contribution in [1.82, 2.24) is 25.6 Å². The predicted octanol–water partition coefficient (Wildman–Crippen LogP) is 1.76. The van der Waals surface area contributed by atoms with Crippen molar-refractivity contribution >= 4 is 27.5 Å². The molecule has 0 radical (unpaired) electrons. The lowest BCUT2D eigenvalue weighted by atomic mass is 10.3. The Bertz CT molecular complexity index is 949. The van der Waals surface area contributed by atoms with Gasteiger partial charge >= 0.3 is 0 Å². The van der Waals surface area contributed by atoms with Crippen molar-refractivity contribution in [2.45, 2.75) is 15.9 Å². The molecule has 0 aliphatic rings. The standard InChI is InChI=1S/C14H12ClN5O3S/c15-9-1-3-10(4-2-9)24(22,23)13-7-8-16-11(13)5-6-12(21)14-17-19-20-18-14/h1-8,12,16,21H,(H,17,18,19,20). The topological polar surface area (TPSA) is 125 Å². The molecule has 0 aliphatic heterocycles. The fraction of sp³-hybridized carbons (Fsp3) is 0.0714. The van der Waals surface area contributed by atoms with Crippen molar-refractivity contribution in [3.63, 3.8) is 0 Å². The molecule has 2 heterocycles. The van der Waals surface area contributed by atoms with Crippen LogP contribution in [0.25, 0.3) is 6.08 Å². The van der Waals surface area contributed by atoms with Gasteiger partial charge in [-0.25, -0.2) is 8.42 Å². The van der Waals surface area contributed by atoms with Gasteiger partial charge in [0.2, 0.25) is 15.7 Å². The summed E-state index contributed by atoms with van der Waals surface area (Å²) in [4.78, 5) is 3.04. The minimum absolute atomic E-state index is 0.0833. The third kappa shape index (κ3) is 3.23. The number of aliphatic hydroxyl groups is 1. The Morgan fingerprint density at radius 3 is 2.62 bits per heavy atom. The van der Waals surface area contributed by atoms with Crippen LogP contribution in [0.3, 0.4) is 0 Å². The molecule has 0 fully saturated rings. The molecule has 0 saturated heterocycles. The number of aliphatic hydroxyl groups excluding tert-OH is 1. The molecule has 1 atom stereocenters. The molecule has 0 amide bonds. The molecule has 0 aliphatic carbocycles. The predicted molar refractivity (Wildman–Crippen MR) is 85.9 cm³/mol. The molecule has 2 aromatic heterocycles. The lowest BCUT2D eigenvalue weighted by molar-refractivity contribution is 0.219. The van der Waals surface area contributed by atoms with E-state index in [4.69, 9.17) is 11.6 Å². The second-order valence-corrected chi connectivity index (χ2v) is 7.14. The highest BCUT2D eigenvalue weighted by Crippen LogP contribution is 2.26. The zero-order valence-corrected chi connectivity index (χ0v) is 13.7. The van der Waals surface area contributed by atoms with E-state index in [0.717, 1.165) is 0 Å². The number of rotatable bonds is 5. The van der Waals surface area contributed by atoms with Gasteiger partial charge in [-0.15, -0.1) is 10.2 Å². The zero-order valence-electron chi connectivity index (χ0n) is 12.1. The maximum atomic E-state index is 12.7. The molecule has 10 heteroatoms. The fourth-order valence-electron chi connectivity index (χ4n) is 2.04. The van der Waals surface area contributed by atoms with E-state index in [1.54, 1.807) is 0 Å². The Morgan fingerprint density at radius 1 is 1.21 bits per heavy atom. The third-order valence-corrected chi connectivity index (χ3v) is 5.30. The van der Waals surface area contributed by atoms with E-state index < -0.39 is 15.9 Å². The minimum atomic E-state index is -3.72. The number of benzene rings is 1. The van der Waals surface area contributed by atoms with Gasteiger partial charge in [-0.2, -0.15) is 5.21 Å². The summed E-state index contributed by atoms with van der Waals surface area (Å²) in [5.41, 5.74) is 0.326. The number of hydrogen-bond donors (Lipinski definition) is 3. The summed E-state index contributed by atoms with van der Waals surface area (Å²) in [7, 11) is -3.72. The maximum Gasteiger partial charge on any atom is 0.208 e. The lowest BCUT2D eigenvalue weighted by Crippen LogP contribution is -2.02. The summed E-state index contributed by atoms with van der Waals surface area (Å²) in [5, 5.41) is 23.2. The van der Waals surface area contributed by atoms with Gasteiger partial charge in [0.15, 0.2) is 0 Å². The summed E-state index contributed by atoms with van der Waals surface area (Å²) in [6.07, 6.45) is 3.20. The zero-order chi connectivity index (χ0) is 17.2. The van der Waals surface area contributed by atoms with Gasteiger partial charge < -0.3 is 10.1 Å². The van der Waals surface area contributed by atoms with Gasteiger partial charge in [-0.3, -0.25) is 0 Å². The van der Waals surface area contributed by atoms with Crippen molar-refractivity contribution in [3.8, 4) is 0 Å². The number of aromatic amines is 2. The molecule has 124 valence electrons. The van der Waals surface area contributed by atoms with Crippen LogP contribution in [0.5, 0.6) is 0 Å². The highest BCUT2D eigenvalue weighted by Gasteiger charge is 2.21. The van der Waals surface area contributed by atoms with Crippen LogP contribution in [0, 0.1) is 0 Å². The van der Waals surface area contributed by atoms with E-state index in [1.165, 1.54) is 48.7 Å². The van der Waals surface area contributed by atoms with Crippen LogP contribution in [0.1, 0.15) is 17.6 Å². The number of tetrazole rings is 1. The van der Waals surface area contributed by atoms with Crippen LogP contribution in [-0.2, 0) is 9.84 Å². The molecule has 24 heavy (non-hydrogen) atoms. The van der Waals surface area contributed by atoms with Crippen molar-refractivity contribution in [1.29, 1.82) is 0 Å². The van der Waals surface area contributed by atoms with Gasteiger partial charge in [-0.05, 0) is 42.5 Å². The summed E-state index contributed by atoms with van der Waals surface area (Å²) in [6, 6.07) is 7.34. The van der Waals surface area contributed by atoms with Gasteiger partial charge in [0.1, 0.15) is 6.10 Å². The number of nitrogens with zero attached hydrogens (tertiary/aromatic N) is 3. The molecule has 0 spiro atoms. The molecular formula is C14H12ClN5O3S. The van der Waals surface area contributed by atoms with Crippen LogP contribution < -0.4 is 0 Å². The minimum Gasteiger partial charge on any atom is -0.381 e. The van der Waals surface area contributed by atoms with Crippen LogP contribution in [0.4, 0.5) is 0 Å². The highest BCUT2D eigenvalue weighted by molar-refractivity contribution is 7.91. The number of aromatic nitrogens is 5. The molecule has 1 unspecified atom stereocenters. The largest absolute Gasteiger partial charge is 0.381 e. The molecule has 3 N–H and O–H groups in total. The van der Waals surface area contributed by atoms with Crippen LogP contribution in [0.2, 0.25) is 5.02 Å². The average molecular weight is 366 g/mol. The van der Waals surface area contributed by atoms with E-state index in [1.807, 2.05) is 0 Å². The Kier molecular flexibility index (Phi) is 4.47. The fourth-order valence-corrected chi connectivity index (χ4v) is 3.58. The van der Waals surface area contributed by atoms with Crippen LogP contribution in [0.15, 0.2) is 52.4 Å². The maximum absolute atomic E-state index is 12.7. The van der Waals surface area contributed by atoms with Crippen molar-refractivity contribution in [3.05, 3.63) is 59.1 Å². The van der Waals surface area contributed by atoms with Gasteiger partial charge in [0.25, 0.3) is 0 Å². The quantitative estimate of drug-likeness (QED) is 0.632. The summed E-state index contributed by atoms with van der Waals surface area (Å²) in [6.45, 7) is 0. The first-order valence-electron chi connectivity index (χ1n) is 6.76. The number of hydrogen-bond acceptors (Lipinski definition) is 6. The van der Waals surface area contributed by atoms with Crippen molar-refractivity contribution < 1.29 is 13.5 Å². The summed E-state index contributed by atoms with van der Waals surface area (Å²) < 4.78 is 25.4. The normalized spacial score (nSPS) is 13.4. The van der Waals surface area contributed by atoms with Crippen molar-refractivity contribution in [2.75, 3.05) is 0 Å². The first-order chi connectivity index (χ1) is 11.5. The molecule has 3 aromatic rings. The van der Waals surface area contributed by atoms with E-state index in [9.17, 15) is 13.5 Å². The smallest absolute Gasteiger partial charge is 0.208 e. The molecule has 0 bridgehead atoms. The van der Waals surface area contributed by atoms with E-state index in [0.29, 0.717) is 10.7 Å². The number of halogens is 1. The van der Waals surface area contributed by atoms with Crippen LogP contribution >= 0.6 is 11.6 Å².